The predicted molar refractivity (Wildman–Crippen MR) is 131 cm³/mol. The second kappa shape index (κ2) is 12.3. The Morgan fingerprint density at radius 1 is 0.576 bits per heavy atom. The SMILES string of the molecule is Cc1ccc2ccc(C)c(O)c2n1.Cc1ccc2ccc(C)c(O)c2n1.[Zr].[c-]1ccccc1. The first-order chi connectivity index (χ1) is 15.4. The topological polar surface area (TPSA) is 66.2 Å². The number of nitrogens with zero attached hydrogens (tertiary/aromatic N) is 2. The van der Waals surface area contributed by atoms with Gasteiger partial charge in [0.05, 0.1) is 0 Å². The fourth-order valence-corrected chi connectivity index (χ4v) is 3.09. The molecule has 0 radical (unpaired) electrons. The van der Waals surface area contributed by atoms with Gasteiger partial charge in [0.15, 0.2) is 0 Å². The Morgan fingerprint density at radius 3 is 1.30 bits per heavy atom. The third-order valence-electron chi connectivity index (χ3n) is 4.96. The number of rotatable bonds is 0. The molecule has 5 heteroatoms. The van der Waals surface area contributed by atoms with E-state index in [4.69, 9.17) is 0 Å². The Balaban J connectivity index is 0.000000184. The van der Waals surface area contributed by atoms with E-state index in [0.717, 1.165) is 33.3 Å². The number of aromatic hydroxyl groups is 2. The van der Waals surface area contributed by atoms with Gasteiger partial charge in [0.25, 0.3) is 0 Å². The number of phenolic OH excluding ortho intramolecular Hbond substituents is 2. The number of hydrogen-bond acceptors (Lipinski definition) is 4. The molecule has 0 unspecified atom stereocenters. The molecule has 0 saturated heterocycles. The number of hydrogen-bond donors (Lipinski definition) is 2. The Morgan fingerprint density at radius 2 is 0.970 bits per heavy atom. The molecule has 0 amide bonds. The van der Waals surface area contributed by atoms with Crippen LogP contribution in [0.5, 0.6) is 11.5 Å². The van der Waals surface area contributed by atoms with Crippen LogP contribution in [0.2, 0.25) is 0 Å². The fourth-order valence-electron chi connectivity index (χ4n) is 3.09. The maximum absolute atomic E-state index is 9.72. The van der Waals surface area contributed by atoms with Crippen molar-refractivity contribution in [2.24, 2.45) is 0 Å². The molecule has 3 aromatic carbocycles. The first kappa shape index (κ1) is 26.2. The minimum atomic E-state index is 0. The van der Waals surface area contributed by atoms with Crippen LogP contribution < -0.4 is 0 Å². The minimum Gasteiger partial charge on any atom is -0.505 e. The van der Waals surface area contributed by atoms with Crippen LogP contribution in [-0.4, -0.2) is 20.2 Å². The van der Waals surface area contributed by atoms with Gasteiger partial charge in [-0.1, -0.05) is 36.4 Å². The molecule has 0 fully saturated rings. The van der Waals surface area contributed by atoms with E-state index in [2.05, 4.69) is 16.0 Å². The van der Waals surface area contributed by atoms with Gasteiger partial charge in [-0.3, -0.25) is 0 Å². The van der Waals surface area contributed by atoms with Crippen molar-refractivity contribution < 1.29 is 36.4 Å². The number of phenols is 2. The van der Waals surface area contributed by atoms with Crippen molar-refractivity contribution in [3.05, 3.63) is 107 Å². The second-order valence-electron chi connectivity index (χ2n) is 7.59. The second-order valence-corrected chi connectivity index (χ2v) is 7.59. The molecule has 0 saturated carbocycles. The summed E-state index contributed by atoms with van der Waals surface area (Å²) in [5, 5.41) is 21.4. The van der Waals surface area contributed by atoms with Crippen LogP contribution in [0.1, 0.15) is 22.5 Å². The Kier molecular flexibility index (Phi) is 9.75. The van der Waals surface area contributed by atoms with E-state index in [-0.39, 0.29) is 26.2 Å². The molecule has 33 heavy (non-hydrogen) atoms. The van der Waals surface area contributed by atoms with Crippen molar-refractivity contribution >= 4 is 21.8 Å². The van der Waals surface area contributed by atoms with E-state index >= 15 is 0 Å². The van der Waals surface area contributed by atoms with Gasteiger partial charge >= 0.3 is 0 Å². The van der Waals surface area contributed by atoms with Crippen molar-refractivity contribution in [2.75, 3.05) is 0 Å². The summed E-state index contributed by atoms with van der Waals surface area (Å²) in [7, 11) is 0. The average molecular weight is 515 g/mol. The predicted octanol–water partition coefficient (Wildman–Crippen LogP) is 6.60. The molecule has 5 aromatic rings. The van der Waals surface area contributed by atoms with Gasteiger partial charge in [0.2, 0.25) is 0 Å². The molecule has 5 rings (SSSR count). The zero-order chi connectivity index (χ0) is 23.1. The molecule has 4 nitrogen and oxygen atoms in total. The Bertz CT molecular complexity index is 1210. The van der Waals surface area contributed by atoms with Crippen molar-refractivity contribution in [1.29, 1.82) is 0 Å². The van der Waals surface area contributed by atoms with Crippen LogP contribution in [0, 0.1) is 33.8 Å². The van der Waals surface area contributed by atoms with Crippen LogP contribution in [-0.2, 0) is 26.2 Å². The number of pyridine rings is 2. The van der Waals surface area contributed by atoms with E-state index in [9.17, 15) is 10.2 Å². The monoisotopic (exact) mass is 513 g/mol. The van der Waals surface area contributed by atoms with Gasteiger partial charge in [0, 0.05) is 48.4 Å². The van der Waals surface area contributed by atoms with Gasteiger partial charge in [-0.25, -0.2) is 9.97 Å². The van der Waals surface area contributed by atoms with Gasteiger partial charge in [0.1, 0.15) is 22.5 Å². The summed E-state index contributed by atoms with van der Waals surface area (Å²) < 4.78 is 0. The molecule has 2 heterocycles. The van der Waals surface area contributed by atoms with Crippen LogP contribution >= 0.6 is 0 Å². The summed E-state index contributed by atoms with van der Waals surface area (Å²) in [5.74, 6) is 0.586. The van der Waals surface area contributed by atoms with Gasteiger partial charge in [-0.2, -0.15) is 36.4 Å². The summed E-state index contributed by atoms with van der Waals surface area (Å²) in [6.07, 6.45) is 0. The molecule has 0 atom stereocenters. The van der Waals surface area contributed by atoms with Gasteiger partial charge < -0.3 is 10.2 Å². The van der Waals surface area contributed by atoms with E-state index in [0.29, 0.717) is 22.5 Å². The van der Waals surface area contributed by atoms with E-state index in [1.807, 2.05) is 107 Å². The molecular weight excluding hydrogens is 488 g/mol. The normalized spacial score (nSPS) is 9.82. The fraction of sp³-hybridized carbons (Fsp3) is 0.143. The van der Waals surface area contributed by atoms with E-state index < -0.39 is 0 Å². The molecule has 2 N–H and O–H groups in total. The van der Waals surface area contributed by atoms with Gasteiger partial charge in [-0.05, 0) is 51.0 Å². The number of aromatic nitrogens is 2. The molecule has 0 aliphatic carbocycles. The Labute approximate surface area is 214 Å². The molecule has 0 spiro atoms. The minimum absolute atomic E-state index is 0. The number of fused-ring (bicyclic) bond motifs is 2. The maximum Gasteiger partial charge on any atom is 0.144 e. The average Bonchev–Trinajstić information content (AvgIpc) is 2.81. The van der Waals surface area contributed by atoms with Crippen LogP contribution in [0.15, 0.2) is 78.9 Å². The van der Waals surface area contributed by atoms with Crippen LogP contribution in [0.4, 0.5) is 0 Å². The van der Waals surface area contributed by atoms with Crippen molar-refractivity contribution in [1.82, 2.24) is 9.97 Å². The van der Waals surface area contributed by atoms with Crippen molar-refractivity contribution in [3.63, 3.8) is 0 Å². The van der Waals surface area contributed by atoms with Gasteiger partial charge in [-0.15, -0.1) is 0 Å². The molecule has 0 bridgehead atoms. The molecule has 0 aliphatic heterocycles. The third-order valence-corrected chi connectivity index (χ3v) is 4.96. The Hall–Kier alpha value is -3.04. The van der Waals surface area contributed by atoms with E-state index in [1.165, 1.54) is 0 Å². The molecule has 2 aromatic heterocycles. The summed E-state index contributed by atoms with van der Waals surface area (Å²) in [6.45, 7) is 7.58. The smallest absolute Gasteiger partial charge is 0.144 e. The largest absolute Gasteiger partial charge is 0.505 e. The molecule has 0 aliphatic rings. The standard InChI is InChI=1S/2C11H11NO.C6H5.Zr/c2*1-7-3-5-9-6-4-8(2)12-10(9)11(7)13;1-2-4-6-5-3-1;/h2*3-6,13H,1-2H3;1-5H;/q;;-1;. The summed E-state index contributed by atoms with van der Waals surface area (Å²) >= 11 is 0. The van der Waals surface area contributed by atoms with Crippen molar-refractivity contribution in [3.8, 4) is 11.5 Å². The zero-order valence-electron chi connectivity index (χ0n) is 19.3. The zero-order valence-corrected chi connectivity index (χ0v) is 21.8. The number of aryl methyl sites for hydroxylation is 4. The van der Waals surface area contributed by atoms with Crippen molar-refractivity contribution in [2.45, 2.75) is 27.7 Å². The first-order valence-corrected chi connectivity index (χ1v) is 10.4. The summed E-state index contributed by atoms with van der Waals surface area (Å²) in [6, 6.07) is 28.1. The quantitative estimate of drug-likeness (QED) is 0.229. The third kappa shape index (κ3) is 6.97. The summed E-state index contributed by atoms with van der Waals surface area (Å²) in [5.41, 5.74) is 4.97. The van der Waals surface area contributed by atoms with Crippen LogP contribution in [0.25, 0.3) is 21.8 Å². The summed E-state index contributed by atoms with van der Waals surface area (Å²) in [4.78, 5) is 8.57. The molecule has 166 valence electrons. The first-order valence-electron chi connectivity index (χ1n) is 10.4. The maximum atomic E-state index is 9.72. The van der Waals surface area contributed by atoms with E-state index in [1.54, 1.807) is 0 Å². The number of benzene rings is 3. The van der Waals surface area contributed by atoms with Crippen LogP contribution in [0.3, 0.4) is 0 Å². The molecular formula is C28H27N2O2Zr-.